The highest BCUT2D eigenvalue weighted by atomic mass is 19.1. The van der Waals surface area contributed by atoms with Gasteiger partial charge in [-0.05, 0) is 36.2 Å². The van der Waals surface area contributed by atoms with Crippen LogP contribution in [0.3, 0.4) is 0 Å². The number of aromatic nitrogens is 1. The predicted octanol–water partition coefficient (Wildman–Crippen LogP) is 3.99. The standard InChI is InChI=1S/C19H19FN2O2/c1-11-9-13(12-7-5-6-8-16(12)24-4)14-10-15(19(23)22(2)3)21-18(14)17(11)20/h5-10,21H,1-4H3. The lowest BCUT2D eigenvalue weighted by Crippen LogP contribution is -2.21. The number of halogens is 1. The van der Waals surface area contributed by atoms with Crippen molar-refractivity contribution in [1.29, 1.82) is 0 Å². The van der Waals surface area contributed by atoms with Crippen LogP contribution in [0.4, 0.5) is 4.39 Å². The van der Waals surface area contributed by atoms with E-state index in [0.29, 0.717) is 27.9 Å². The minimum Gasteiger partial charge on any atom is -0.496 e. The molecule has 3 rings (SSSR count). The number of hydrogen-bond donors (Lipinski definition) is 1. The zero-order chi connectivity index (χ0) is 17.4. The summed E-state index contributed by atoms with van der Waals surface area (Å²) in [5.74, 6) is 0.155. The van der Waals surface area contributed by atoms with Gasteiger partial charge in [-0.2, -0.15) is 0 Å². The van der Waals surface area contributed by atoms with Crippen molar-refractivity contribution in [2.24, 2.45) is 0 Å². The lowest BCUT2D eigenvalue weighted by Gasteiger charge is -2.11. The van der Waals surface area contributed by atoms with Crippen LogP contribution in [-0.4, -0.2) is 37.0 Å². The molecule has 2 aromatic carbocycles. The third kappa shape index (κ3) is 2.52. The van der Waals surface area contributed by atoms with E-state index < -0.39 is 0 Å². The van der Waals surface area contributed by atoms with Crippen molar-refractivity contribution < 1.29 is 13.9 Å². The number of rotatable bonds is 3. The molecule has 3 aromatic rings. The Morgan fingerprint density at radius 3 is 2.54 bits per heavy atom. The van der Waals surface area contributed by atoms with Gasteiger partial charge in [-0.3, -0.25) is 4.79 Å². The molecule has 0 bridgehead atoms. The molecule has 0 saturated heterocycles. The van der Waals surface area contributed by atoms with Gasteiger partial charge in [0.05, 0.1) is 12.6 Å². The third-order valence-corrected chi connectivity index (χ3v) is 4.07. The maximum atomic E-state index is 14.6. The Balaban J connectivity index is 2.32. The summed E-state index contributed by atoms with van der Waals surface area (Å²) in [6.07, 6.45) is 0. The average Bonchev–Trinajstić information content (AvgIpc) is 3.02. The van der Waals surface area contributed by atoms with E-state index in [1.54, 1.807) is 40.3 Å². The van der Waals surface area contributed by atoms with Crippen LogP contribution in [0.25, 0.3) is 22.0 Å². The molecule has 0 unspecified atom stereocenters. The Morgan fingerprint density at radius 2 is 1.88 bits per heavy atom. The molecule has 24 heavy (non-hydrogen) atoms. The van der Waals surface area contributed by atoms with Gasteiger partial charge in [-0.25, -0.2) is 4.39 Å². The van der Waals surface area contributed by atoms with Crippen LogP contribution in [-0.2, 0) is 0 Å². The van der Waals surface area contributed by atoms with Crippen LogP contribution in [0.5, 0.6) is 5.75 Å². The third-order valence-electron chi connectivity index (χ3n) is 4.07. The first-order valence-electron chi connectivity index (χ1n) is 7.61. The molecule has 0 aliphatic heterocycles. The molecule has 0 aliphatic rings. The number of aromatic amines is 1. The van der Waals surface area contributed by atoms with E-state index in [1.807, 2.05) is 24.3 Å². The highest BCUT2D eigenvalue weighted by Gasteiger charge is 2.19. The summed E-state index contributed by atoms with van der Waals surface area (Å²) in [4.78, 5) is 16.6. The number of fused-ring (bicyclic) bond motifs is 1. The lowest BCUT2D eigenvalue weighted by molar-refractivity contribution is 0.0823. The van der Waals surface area contributed by atoms with E-state index >= 15 is 0 Å². The van der Waals surface area contributed by atoms with Crippen molar-refractivity contribution in [2.75, 3.05) is 21.2 Å². The van der Waals surface area contributed by atoms with Gasteiger partial charge in [0.1, 0.15) is 17.3 Å². The van der Waals surface area contributed by atoms with Crippen molar-refractivity contribution in [3.63, 3.8) is 0 Å². The number of aryl methyl sites for hydroxylation is 1. The van der Waals surface area contributed by atoms with E-state index in [9.17, 15) is 9.18 Å². The number of nitrogens with one attached hydrogen (secondary N) is 1. The van der Waals surface area contributed by atoms with Gasteiger partial charge < -0.3 is 14.6 Å². The maximum absolute atomic E-state index is 14.6. The van der Waals surface area contributed by atoms with Gasteiger partial charge in [0.15, 0.2) is 0 Å². The summed E-state index contributed by atoms with van der Waals surface area (Å²) in [6.45, 7) is 1.71. The number of ether oxygens (including phenoxy) is 1. The van der Waals surface area contributed by atoms with Crippen molar-refractivity contribution in [3.05, 3.63) is 53.5 Å². The molecule has 0 radical (unpaired) electrons. The SMILES string of the molecule is COc1ccccc1-c1cc(C)c(F)c2[nH]c(C(=O)N(C)C)cc12. The van der Waals surface area contributed by atoms with Gasteiger partial charge >= 0.3 is 0 Å². The molecule has 0 aliphatic carbocycles. The van der Waals surface area contributed by atoms with E-state index in [2.05, 4.69) is 4.98 Å². The first kappa shape index (κ1) is 16.1. The number of hydrogen-bond acceptors (Lipinski definition) is 2. The van der Waals surface area contributed by atoms with Crippen LogP contribution < -0.4 is 4.74 Å². The number of H-pyrrole nitrogens is 1. The quantitative estimate of drug-likeness (QED) is 0.791. The summed E-state index contributed by atoms with van der Waals surface area (Å²) in [5, 5.41) is 0.660. The lowest BCUT2D eigenvalue weighted by atomic mass is 9.98. The molecular formula is C19H19FN2O2. The van der Waals surface area contributed by atoms with Gasteiger partial charge in [-0.1, -0.05) is 18.2 Å². The molecule has 1 aromatic heterocycles. The molecule has 0 atom stereocenters. The van der Waals surface area contributed by atoms with Crippen molar-refractivity contribution in [3.8, 4) is 16.9 Å². The minimum atomic E-state index is -0.346. The van der Waals surface area contributed by atoms with Crippen LogP contribution in [0.2, 0.25) is 0 Å². The highest BCUT2D eigenvalue weighted by molar-refractivity contribution is 6.04. The molecule has 0 spiro atoms. The molecule has 1 amide bonds. The fourth-order valence-corrected chi connectivity index (χ4v) is 2.84. The second kappa shape index (κ2) is 6.00. The molecule has 4 nitrogen and oxygen atoms in total. The number of para-hydroxylation sites is 1. The Bertz CT molecular complexity index is 929. The van der Waals surface area contributed by atoms with E-state index in [4.69, 9.17) is 4.74 Å². The molecular weight excluding hydrogens is 307 g/mol. The second-order valence-electron chi connectivity index (χ2n) is 5.93. The fourth-order valence-electron chi connectivity index (χ4n) is 2.84. The minimum absolute atomic E-state index is 0.200. The highest BCUT2D eigenvalue weighted by Crippen LogP contribution is 2.37. The molecule has 0 saturated carbocycles. The Morgan fingerprint density at radius 1 is 1.17 bits per heavy atom. The van der Waals surface area contributed by atoms with Crippen LogP contribution in [0.1, 0.15) is 16.1 Å². The van der Waals surface area contributed by atoms with Gasteiger partial charge in [0.2, 0.25) is 0 Å². The summed E-state index contributed by atoms with van der Waals surface area (Å²) in [7, 11) is 4.93. The number of carbonyl (C=O) groups is 1. The summed E-state index contributed by atoms with van der Waals surface area (Å²) >= 11 is 0. The number of carbonyl (C=O) groups excluding carboxylic acids is 1. The number of nitrogens with zero attached hydrogens (tertiary/aromatic N) is 1. The van der Waals surface area contributed by atoms with Gasteiger partial charge in [0, 0.05) is 25.0 Å². The molecule has 0 fully saturated rings. The molecule has 5 heteroatoms. The molecule has 124 valence electrons. The van der Waals surface area contributed by atoms with E-state index in [0.717, 1.165) is 11.1 Å². The second-order valence-corrected chi connectivity index (χ2v) is 5.93. The van der Waals surface area contributed by atoms with E-state index in [-0.39, 0.29) is 11.7 Å². The topological polar surface area (TPSA) is 45.3 Å². The van der Waals surface area contributed by atoms with Crippen molar-refractivity contribution in [1.82, 2.24) is 9.88 Å². The summed E-state index contributed by atoms with van der Waals surface area (Å²) < 4.78 is 20.0. The fraction of sp³-hybridized carbons (Fsp3) is 0.211. The predicted molar refractivity (Wildman–Crippen MR) is 93.0 cm³/mol. The zero-order valence-corrected chi connectivity index (χ0v) is 14.1. The van der Waals surface area contributed by atoms with Gasteiger partial charge in [0.25, 0.3) is 5.91 Å². The van der Waals surface area contributed by atoms with Crippen LogP contribution in [0, 0.1) is 12.7 Å². The van der Waals surface area contributed by atoms with Crippen molar-refractivity contribution in [2.45, 2.75) is 6.92 Å². The van der Waals surface area contributed by atoms with Crippen molar-refractivity contribution >= 4 is 16.8 Å². The van der Waals surface area contributed by atoms with Crippen LogP contribution in [0.15, 0.2) is 36.4 Å². The van der Waals surface area contributed by atoms with E-state index in [1.165, 1.54) is 4.90 Å². The number of methoxy groups -OCH3 is 1. The molecule has 1 heterocycles. The summed E-state index contributed by atoms with van der Waals surface area (Å²) in [5.41, 5.74) is 2.89. The molecule has 1 N–H and O–H groups in total. The van der Waals surface area contributed by atoms with Gasteiger partial charge in [-0.15, -0.1) is 0 Å². The smallest absolute Gasteiger partial charge is 0.269 e. The number of benzene rings is 2. The largest absolute Gasteiger partial charge is 0.496 e. The Labute approximate surface area is 139 Å². The average molecular weight is 326 g/mol. The Kier molecular flexibility index (Phi) is 4.01. The van der Waals surface area contributed by atoms with Crippen LogP contribution >= 0.6 is 0 Å². The maximum Gasteiger partial charge on any atom is 0.269 e. The number of amides is 1. The summed E-state index contributed by atoms with van der Waals surface area (Å²) in [6, 6.07) is 11.0. The monoisotopic (exact) mass is 326 g/mol. The normalized spacial score (nSPS) is 10.9. The first-order chi connectivity index (χ1) is 11.4. The first-order valence-corrected chi connectivity index (χ1v) is 7.61. The zero-order valence-electron chi connectivity index (χ0n) is 14.1. The Hall–Kier alpha value is -2.82.